The maximum atomic E-state index is 8.86. The zero-order valence-electron chi connectivity index (χ0n) is 35.6. The van der Waals surface area contributed by atoms with E-state index >= 15 is 0 Å². The summed E-state index contributed by atoms with van der Waals surface area (Å²) >= 11 is -5.08. The second-order valence-electron chi connectivity index (χ2n) is 18.9. The number of methoxy groups -OCH3 is 2. The fraction of sp³-hybridized carbons (Fsp3) is 0.417. The minimum atomic E-state index is -5.08. The molecule has 0 amide bonds. The van der Waals surface area contributed by atoms with Crippen LogP contribution in [0, 0.1) is 27.7 Å². The van der Waals surface area contributed by atoms with Crippen molar-refractivity contribution in [2.24, 2.45) is 0 Å². The van der Waals surface area contributed by atoms with E-state index in [0.717, 1.165) is 22.6 Å². The third-order valence-corrected chi connectivity index (χ3v) is 64.5. The molecule has 0 saturated heterocycles. The third-order valence-electron chi connectivity index (χ3n) is 12.2. The Bertz CT molecular complexity index is 2070. The predicted octanol–water partition coefficient (Wildman–Crippen LogP) is 14.5. The van der Waals surface area contributed by atoms with E-state index in [4.69, 9.17) is 26.5 Å². The van der Waals surface area contributed by atoms with Crippen LogP contribution < -0.4 is 9.47 Å². The van der Waals surface area contributed by atoms with Gasteiger partial charge in [0.15, 0.2) is 0 Å². The molecule has 4 aromatic carbocycles. The standard InChI is InChI=1S/2C23H27O.C2H7Si.2ClH.Zr/c2*1-14-8-15(2)11-18(10-14)21-19-12-16(3)9-17(19)13-20(22(21)24-7)23(4,5)6;1-3-2;;;/h2*8-13H,1-7H3;3H,1-2H3;2*1H;/q;;;;;+2/p-2. The molecule has 6 heteroatoms. The third kappa shape index (κ3) is 6.58. The molecule has 2 nitrogen and oxygen atoms in total. The van der Waals surface area contributed by atoms with Gasteiger partial charge in [0.05, 0.1) is 0 Å². The molecule has 0 N–H and O–H groups in total. The Morgan fingerprint density at radius 3 is 1.11 bits per heavy atom. The van der Waals surface area contributed by atoms with Crippen molar-refractivity contribution < 1.29 is 25.0 Å². The molecule has 287 valence electrons. The molecular formula is C48H61Cl2O2SiZr. The van der Waals surface area contributed by atoms with Gasteiger partial charge in [0, 0.05) is 0 Å². The summed E-state index contributed by atoms with van der Waals surface area (Å²) in [7, 11) is 21.4. The van der Waals surface area contributed by atoms with Gasteiger partial charge in [0.1, 0.15) is 0 Å². The Labute approximate surface area is 335 Å². The first-order valence-corrected chi connectivity index (χ1v) is 35.9. The van der Waals surface area contributed by atoms with Crippen LogP contribution in [0.2, 0.25) is 13.1 Å². The number of benzene rings is 4. The van der Waals surface area contributed by atoms with E-state index < -0.39 is 21.5 Å². The number of aryl methyl sites for hydroxylation is 4. The fourth-order valence-corrected chi connectivity index (χ4v) is 42.8. The van der Waals surface area contributed by atoms with E-state index in [2.05, 4.69) is 157 Å². The van der Waals surface area contributed by atoms with Crippen LogP contribution >= 0.6 is 17.0 Å². The average Bonchev–Trinajstić information content (AvgIpc) is 3.56. The number of hydrogen-bond acceptors (Lipinski definition) is 2. The molecule has 2 atom stereocenters. The number of halogens is 2. The molecule has 4 aromatic rings. The van der Waals surface area contributed by atoms with Crippen LogP contribution in [-0.2, 0) is 26.4 Å². The van der Waals surface area contributed by atoms with Crippen LogP contribution in [-0.4, -0.2) is 20.1 Å². The molecule has 0 heterocycles. The van der Waals surface area contributed by atoms with E-state index in [1.165, 1.54) is 77.9 Å². The van der Waals surface area contributed by atoms with E-state index in [-0.39, 0.29) is 18.1 Å². The molecule has 0 radical (unpaired) electrons. The molecule has 0 spiro atoms. The molecule has 2 aliphatic carbocycles. The van der Waals surface area contributed by atoms with Crippen molar-refractivity contribution in [2.75, 3.05) is 14.2 Å². The van der Waals surface area contributed by atoms with Gasteiger partial charge < -0.3 is 0 Å². The van der Waals surface area contributed by atoms with Crippen LogP contribution in [0.1, 0.15) is 118 Å². The second kappa shape index (κ2) is 13.9. The van der Waals surface area contributed by atoms with E-state index in [9.17, 15) is 0 Å². The van der Waals surface area contributed by atoms with Crippen molar-refractivity contribution in [3.63, 3.8) is 0 Å². The number of allylic oxidation sites excluding steroid dienone is 2. The van der Waals surface area contributed by atoms with Gasteiger partial charge in [-0.25, -0.2) is 0 Å². The SMILES string of the molecule is COc1c(C(C)(C)C)cc2c(c1-c1cc(C)cc(C)c1)C=C(C)[CH]2[Zr]([Cl])([Cl])([CH]1C(C)=Cc2c1cc(C(C)(C)C)c(OC)c2-c1cc(C)cc(C)c1)[SiH](C)C. The van der Waals surface area contributed by atoms with Gasteiger partial charge in [-0.05, 0) is 0 Å². The zero-order valence-corrected chi connectivity index (χ0v) is 40.7. The Kier molecular flexibility index (Phi) is 10.6. The van der Waals surface area contributed by atoms with Gasteiger partial charge in [-0.3, -0.25) is 0 Å². The summed E-state index contributed by atoms with van der Waals surface area (Å²) in [5.74, 6) is 0.101. The number of fused-ring (bicyclic) bond motifs is 2. The van der Waals surface area contributed by atoms with Gasteiger partial charge in [-0.15, -0.1) is 0 Å². The Morgan fingerprint density at radius 2 is 0.852 bits per heavy atom. The van der Waals surface area contributed by atoms with Crippen LogP contribution in [0.4, 0.5) is 0 Å². The molecule has 54 heavy (non-hydrogen) atoms. The minimum absolute atomic E-state index is 0.0442. The Morgan fingerprint density at radius 1 is 0.537 bits per heavy atom. The normalized spacial score (nSPS) is 17.9. The summed E-state index contributed by atoms with van der Waals surface area (Å²) in [6, 6.07) is 18.5. The number of rotatable bonds is 7. The zero-order chi connectivity index (χ0) is 40.1. The van der Waals surface area contributed by atoms with Gasteiger partial charge in [0.2, 0.25) is 0 Å². The predicted molar refractivity (Wildman–Crippen MR) is 237 cm³/mol. The molecule has 0 bridgehead atoms. The van der Waals surface area contributed by atoms with E-state index in [1.54, 1.807) is 0 Å². The van der Waals surface area contributed by atoms with Crippen molar-refractivity contribution in [1.29, 1.82) is 0 Å². The first-order valence-electron chi connectivity index (χ1n) is 19.6. The molecule has 2 unspecified atom stereocenters. The topological polar surface area (TPSA) is 18.5 Å². The molecule has 0 aromatic heterocycles. The quantitative estimate of drug-likeness (QED) is 0.172. The monoisotopic (exact) mass is 857 g/mol. The molecule has 0 aliphatic heterocycles. The molecule has 2 aliphatic rings. The molecule has 0 saturated carbocycles. The summed E-state index contributed by atoms with van der Waals surface area (Å²) in [4.78, 5) is 0. The average molecular weight is 860 g/mol. The summed E-state index contributed by atoms with van der Waals surface area (Å²) < 4.78 is 12.7. The van der Waals surface area contributed by atoms with Gasteiger partial charge in [-0.2, -0.15) is 0 Å². The number of hydrogen-bond donors (Lipinski definition) is 0. The van der Waals surface area contributed by atoms with Gasteiger partial charge >= 0.3 is 338 Å². The first kappa shape index (κ1) is 41.3. The van der Waals surface area contributed by atoms with Crippen molar-refractivity contribution in [3.05, 3.63) is 115 Å². The summed E-state index contributed by atoms with van der Waals surface area (Å²) in [5, 5.41) is 0. The Balaban J connectivity index is 1.73. The molecule has 0 fully saturated rings. The second-order valence-corrected chi connectivity index (χ2v) is 61.5. The summed E-state index contributed by atoms with van der Waals surface area (Å²) in [5.41, 5.74) is 19.2. The number of ether oxygens (including phenoxy) is 2. The summed E-state index contributed by atoms with van der Waals surface area (Å²) in [6.45, 7) is 31.9. The molecular weight excluding hydrogens is 799 g/mol. The maximum absolute atomic E-state index is 8.86. The van der Waals surface area contributed by atoms with Crippen LogP contribution in [0.15, 0.2) is 59.7 Å². The molecule has 6 rings (SSSR count). The fourth-order valence-electron chi connectivity index (χ4n) is 9.95. The van der Waals surface area contributed by atoms with Gasteiger partial charge in [-0.1, -0.05) is 0 Å². The van der Waals surface area contributed by atoms with Crippen LogP contribution in [0.3, 0.4) is 0 Å². The van der Waals surface area contributed by atoms with E-state index in [0.29, 0.717) is 0 Å². The Hall–Kier alpha value is -2.36. The van der Waals surface area contributed by atoms with Crippen molar-refractivity contribution >= 4 is 35.1 Å². The van der Waals surface area contributed by atoms with E-state index in [1.807, 2.05) is 14.2 Å². The van der Waals surface area contributed by atoms with Crippen molar-refractivity contribution in [2.45, 2.75) is 114 Å². The van der Waals surface area contributed by atoms with Crippen molar-refractivity contribution in [1.82, 2.24) is 0 Å². The van der Waals surface area contributed by atoms with Crippen LogP contribution in [0.25, 0.3) is 34.4 Å². The van der Waals surface area contributed by atoms with Gasteiger partial charge in [0.25, 0.3) is 0 Å². The van der Waals surface area contributed by atoms with Crippen molar-refractivity contribution in [3.8, 4) is 33.8 Å². The first-order chi connectivity index (χ1) is 24.9. The summed E-state index contributed by atoms with van der Waals surface area (Å²) in [6.07, 6.45) is 4.81. The van der Waals surface area contributed by atoms with Crippen LogP contribution in [0.5, 0.6) is 11.5 Å².